The van der Waals surface area contributed by atoms with Crippen LogP contribution in [0.1, 0.15) is 26.5 Å². The molecular weight excluding hydrogens is 156 g/mol. The van der Waals surface area contributed by atoms with Crippen LogP contribution in [-0.4, -0.2) is 10.6 Å². The number of hydrogen-bond acceptors (Lipinski definition) is 4. The SMILES string of the molecule is CC(C)(C)ONCc1cnco1. The zero-order valence-corrected chi connectivity index (χ0v) is 7.63. The molecule has 0 aliphatic rings. The van der Waals surface area contributed by atoms with Gasteiger partial charge in [-0.2, -0.15) is 5.48 Å². The van der Waals surface area contributed by atoms with E-state index in [4.69, 9.17) is 9.25 Å². The van der Waals surface area contributed by atoms with Crippen molar-refractivity contribution in [1.82, 2.24) is 10.5 Å². The molecule has 0 atom stereocenters. The minimum atomic E-state index is -0.181. The first-order valence-electron chi connectivity index (χ1n) is 3.86. The summed E-state index contributed by atoms with van der Waals surface area (Å²) < 4.78 is 4.99. The minimum absolute atomic E-state index is 0.181. The minimum Gasteiger partial charge on any atom is -0.447 e. The predicted octanol–water partition coefficient (Wildman–Crippen LogP) is 1.49. The van der Waals surface area contributed by atoms with Crippen LogP contribution >= 0.6 is 0 Å². The van der Waals surface area contributed by atoms with Gasteiger partial charge < -0.3 is 4.42 Å². The molecule has 1 N–H and O–H groups in total. The molecule has 0 aliphatic carbocycles. The first kappa shape index (κ1) is 9.22. The Bertz CT molecular complexity index is 213. The Labute approximate surface area is 71.9 Å². The van der Waals surface area contributed by atoms with Gasteiger partial charge in [-0.1, -0.05) is 0 Å². The van der Waals surface area contributed by atoms with E-state index in [1.54, 1.807) is 6.20 Å². The molecule has 0 aliphatic heterocycles. The molecule has 0 unspecified atom stereocenters. The first-order chi connectivity index (χ1) is 5.58. The summed E-state index contributed by atoms with van der Waals surface area (Å²) in [4.78, 5) is 9.04. The predicted molar refractivity (Wildman–Crippen MR) is 44.2 cm³/mol. The Balaban J connectivity index is 2.20. The van der Waals surface area contributed by atoms with Crippen molar-refractivity contribution in [3.8, 4) is 0 Å². The molecule has 4 heteroatoms. The number of nitrogens with one attached hydrogen (secondary N) is 1. The molecule has 0 bridgehead atoms. The summed E-state index contributed by atoms with van der Waals surface area (Å²) in [5.41, 5.74) is 2.61. The van der Waals surface area contributed by atoms with Crippen LogP contribution in [0.2, 0.25) is 0 Å². The normalized spacial score (nSPS) is 11.9. The van der Waals surface area contributed by atoms with E-state index in [0.717, 1.165) is 5.76 Å². The second-order valence-corrected chi connectivity index (χ2v) is 3.50. The summed E-state index contributed by atoms with van der Waals surface area (Å²) >= 11 is 0. The Kier molecular flexibility index (Phi) is 2.83. The zero-order chi connectivity index (χ0) is 9.03. The standard InChI is InChI=1S/C8H14N2O2/c1-8(2,3)12-10-5-7-4-9-6-11-7/h4,6,10H,5H2,1-3H3. The molecule has 1 rings (SSSR count). The first-order valence-corrected chi connectivity index (χ1v) is 3.86. The molecule has 4 nitrogen and oxygen atoms in total. The van der Waals surface area contributed by atoms with Crippen LogP contribution in [0.5, 0.6) is 0 Å². The van der Waals surface area contributed by atoms with Crippen molar-refractivity contribution in [3.63, 3.8) is 0 Å². The molecule has 0 amide bonds. The lowest BCUT2D eigenvalue weighted by atomic mass is 10.2. The Morgan fingerprint density at radius 1 is 1.58 bits per heavy atom. The molecule has 68 valence electrons. The van der Waals surface area contributed by atoms with Crippen LogP contribution in [0.3, 0.4) is 0 Å². The third kappa shape index (κ3) is 3.50. The molecule has 1 aromatic rings. The van der Waals surface area contributed by atoms with E-state index in [1.807, 2.05) is 20.8 Å². The fourth-order valence-electron chi connectivity index (χ4n) is 0.653. The van der Waals surface area contributed by atoms with Crippen molar-refractivity contribution in [2.45, 2.75) is 32.9 Å². The van der Waals surface area contributed by atoms with Gasteiger partial charge in [0.25, 0.3) is 0 Å². The molecule has 0 radical (unpaired) electrons. The van der Waals surface area contributed by atoms with Gasteiger partial charge in [-0.05, 0) is 20.8 Å². The van der Waals surface area contributed by atoms with Crippen molar-refractivity contribution in [2.24, 2.45) is 0 Å². The van der Waals surface area contributed by atoms with Gasteiger partial charge in [-0.15, -0.1) is 0 Å². The molecule has 0 saturated heterocycles. The van der Waals surface area contributed by atoms with E-state index in [0.29, 0.717) is 6.54 Å². The zero-order valence-electron chi connectivity index (χ0n) is 7.63. The Hall–Kier alpha value is -0.870. The summed E-state index contributed by atoms with van der Waals surface area (Å²) in [6.07, 6.45) is 3.05. The lowest BCUT2D eigenvalue weighted by Gasteiger charge is -2.18. The van der Waals surface area contributed by atoms with Crippen molar-refractivity contribution in [1.29, 1.82) is 0 Å². The highest BCUT2D eigenvalue weighted by atomic mass is 16.7. The van der Waals surface area contributed by atoms with E-state index >= 15 is 0 Å². The maximum atomic E-state index is 5.26. The summed E-state index contributed by atoms with van der Waals surface area (Å²) in [5, 5.41) is 0. The lowest BCUT2D eigenvalue weighted by Crippen LogP contribution is -2.28. The molecule has 12 heavy (non-hydrogen) atoms. The molecule has 0 spiro atoms. The molecule has 1 aromatic heterocycles. The smallest absolute Gasteiger partial charge is 0.180 e. The molecular formula is C8H14N2O2. The third-order valence-corrected chi connectivity index (χ3v) is 1.11. The number of oxazole rings is 1. The third-order valence-electron chi connectivity index (χ3n) is 1.11. The molecule has 1 heterocycles. The van der Waals surface area contributed by atoms with Gasteiger partial charge in [-0.3, -0.25) is 4.84 Å². The lowest BCUT2D eigenvalue weighted by molar-refractivity contribution is -0.0775. The summed E-state index contributed by atoms with van der Waals surface area (Å²) in [6, 6.07) is 0. The quantitative estimate of drug-likeness (QED) is 0.698. The van der Waals surface area contributed by atoms with Gasteiger partial charge in [0.1, 0.15) is 5.76 Å². The average Bonchev–Trinajstić information content (AvgIpc) is 2.36. The van der Waals surface area contributed by atoms with Crippen molar-refractivity contribution < 1.29 is 9.25 Å². The maximum absolute atomic E-state index is 5.26. The second-order valence-electron chi connectivity index (χ2n) is 3.50. The van der Waals surface area contributed by atoms with Crippen LogP contribution < -0.4 is 5.48 Å². The van der Waals surface area contributed by atoms with Gasteiger partial charge in [-0.25, -0.2) is 4.98 Å². The molecule has 0 saturated carbocycles. The van der Waals surface area contributed by atoms with Gasteiger partial charge >= 0.3 is 0 Å². The van der Waals surface area contributed by atoms with Gasteiger partial charge in [0, 0.05) is 0 Å². The second kappa shape index (κ2) is 3.69. The highest BCUT2D eigenvalue weighted by Gasteiger charge is 2.09. The number of hydrogen-bond donors (Lipinski definition) is 1. The van der Waals surface area contributed by atoms with E-state index in [2.05, 4.69) is 10.5 Å². The fourth-order valence-corrected chi connectivity index (χ4v) is 0.653. The average molecular weight is 170 g/mol. The summed E-state index contributed by atoms with van der Waals surface area (Å²) in [6.45, 7) is 6.46. The van der Waals surface area contributed by atoms with E-state index in [1.165, 1.54) is 6.39 Å². The largest absolute Gasteiger partial charge is 0.447 e. The highest BCUT2D eigenvalue weighted by molar-refractivity contribution is 4.86. The summed E-state index contributed by atoms with van der Waals surface area (Å²) in [7, 11) is 0. The van der Waals surface area contributed by atoms with Crippen molar-refractivity contribution in [2.75, 3.05) is 0 Å². The number of hydroxylamine groups is 1. The van der Waals surface area contributed by atoms with Crippen LogP contribution in [0.4, 0.5) is 0 Å². The van der Waals surface area contributed by atoms with Crippen molar-refractivity contribution in [3.05, 3.63) is 18.4 Å². The fraction of sp³-hybridized carbons (Fsp3) is 0.625. The van der Waals surface area contributed by atoms with E-state index in [-0.39, 0.29) is 5.60 Å². The number of aromatic nitrogens is 1. The topological polar surface area (TPSA) is 47.3 Å². The molecule has 0 fully saturated rings. The number of nitrogens with zero attached hydrogens (tertiary/aromatic N) is 1. The van der Waals surface area contributed by atoms with Gasteiger partial charge in [0.15, 0.2) is 6.39 Å². The van der Waals surface area contributed by atoms with Crippen molar-refractivity contribution >= 4 is 0 Å². The Morgan fingerprint density at radius 3 is 2.83 bits per heavy atom. The highest BCUT2D eigenvalue weighted by Crippen LogP contribution is 2.04. The number of rotatable bonds is 3. The molecule has 0 aromatic carbocycles. The Morgan fingerprint density at radius 2 is 2.33 bits per heavy atom. The van der Waals surface area contributed by atoms with Crippen LogP contribution in [0.15, 0.2) is 17.0 Å². The van der Waals surface area contributed by atoms with Gasteiger partial charge in [0.05, 0.1) is 18.3 Å². The summed E-state index contributed by atoms with van der Waals surface area (Å²) in [5.74, 6) is 0.763. The van der Waals surface area contributed by atoms with Gasteiger partial charge in [0.2, 0.25) is 0 Å². The maximum Gasteiger partial charge on any atom is 0.180 e. The van der Waals surface area contributed by atoms with Crippen LogP contribution in [0.25, 0.3) is 0 Å². The van der Waals surface area contributed by atoms with Crippen LogP contribution in [0, 0.1) is 0 Å². The van der Waals surface area contributed by atoms with E-state index < -0.39 is 0 Å². The van der Waals surface area contributed by atoms with E-state index in [9.17, 15) is 0 Å². The van der Waals surface area contributed by atoms with Crippen LogP contribution in [-0.2, 0) is 11.4 Å². The monoisotopic (exact) mass is 170 g/mol.